The smallest absolute Gasteiger partial charge is 0.292 e. The predicted octanol–water partition coefficient (Wildman–Crippen LogP) is 2.87. The van der Waals surface area contributed by atoms with Crippen LogP contribution in [0.5, 0.6) is 0 Å². The van der Waals surface area contributed by atoms with Gasteiger partial charge in [0, 0.05) is 12.1 Å². The number of nitrogens with zero attached hydrogens (tertiary/aromatic N) is 4. The SMILES string of the molecule is O=C1CS/C(=N\CNc2ccccc2[N+](=O)[O-])N1CNc1ccccc1[N+](=O)[O-]. The molecule has 1 aliphatic rings. The first-order valence-electron chi connectivity index (χ1n) is 8.39. The molecule has 0 atom stereocenters. The Kier molecular flexibility index (Phi) is 6.24. The summed E-state index contributed by atoms with van der Waals surface area (Å²) in [5.41, 5.74) is 0.446. The number of hydrogen-bond donors (Lipinski definition) is 2. The van der Waals surface area contributed by atoms with Crippen molar-refractivity contribution in [3.63, 3.8) is 0 Å². The van der Waals surface area contributed by atoms with Crippen LogP contribution in [-0.2, 0) is 4.79 Å². The molecule has 0 saturated carbocycles. The maximum absolute atomic E-state index is 12.1. The number of anilines is 2. The van der Waals surface area contributed by atoms with E-state index in [-0.39, 0.29) is 36.4 Å². The zero-order valence-electron chi connectivity index (χ0n) is 15.0. The molecule has 0 aromatic heterocycles. The first-order valence-corrected chi connectivity index (χ1v) is 9.38. The number of para-hydroxylation sites is 4. The summed E-state index contributed by atoms with van der Waals surface area (Å²) >= 11 is 1.23. The van der Waals surface area contributed by atoms with Gasteiger partial charge in [-0.2, -0.15) is 0 Å². The number of nitro groups is 2. The fraction of sp³-hybridized carbons (Fsp3) is 0.176. The summed E-state index contributed by atoms with van der Waals surface area (Å²) in [6.45, 7) is 0.0451. The van der Waals surface area contributed by atoms with Crippen molar-refractivity contribution in [2.24, 2.45) is 4.99 Å². The molecule has 1 saturated heterocycles. The Morgan fingerprint density at radius 2 is 1.52 bits per heavy atom. The Labute approximate surface area is 169 Å². The fourth-order valence-electron chi connectivity index (χ4n) is 2.60. The topological polar surface area (TPSA) is 143 Å². The lowest BCUT2D eigenvalue weighted by molar-refractivity contribution is -0.384. The van der Waals surface area contributed by atoms with Gasteiger partial charge in [0.05, 0.1) is 22.3 Å². The van der Waals surface area contributed by atoms with Crippen molar-refractivity contribution < 1.29 is 14.6 Å². The van der Waals surface area contributed by atoms with Crippen molar-refractivity contribution in [3.8, 4) is 0 Å². The molecule has 1 heterocycles. The Hall–Kier alpha value is -3.67. The van der Waals surface area contributed by atoms with Gasteiger partial charge in [0.15, 0.2) is 5.17 Å². The quantitative estimate of drug-likeness (QED) is 0.494. The second-order valence-electron chi connectivity index (χ2n) is 5.77. The van der Waals surface area contributed by atoms with Gasteiger partial charge in [0.2, 0.25) is 5.91 Å². The van der Waals surface area contributed by atoms with Gasteiger partial charge in [-0.15, -0.1) is 0 Å². The van der Waals surface area contributed by atoms with E-state index < -0.39 is 9.85 Å². The van der Waals surface area contributed by atoms with Crippen molar-refractivity contribution in [2.75, 3.05) is 29.7 Å². The predicted molar refractivity (Wildman–Crippen MR) is 110 cm³/mol. The van der Waals surface area contributed by atoms with Crippen molar-refractivity contribution in [2.45, 2.75) is 0 Å². The third-order valence-corrected chi connectivity index (χ3v) is 4.97. The standard InChI is InChI=1S/C17H16N6O5S/c24-16-9-29-17(19-10-18-12-5-1-3-7-14(12)22(25)26)21(16)11-20-13-6-2-4-8-15(13)23(27)28/h1-8,18,20H,9-11H2/b19-17-. The van der Waals surface area contributed by atoms with Crippen LogP contribution in [0, 0.1) is 20.2 Å². The first-order chi connectivity index (χ1) is 14.0. The van der Waals surface area contributed by atoms with Crippen molar-refractivity contribution >= 4 is 45.6 Å². The van der Waals surface area contributed by atoms with E-state index in [9.17, 15) is 25.0 Å². The molecule has 150 valence electrons. The third kappa shape index (κ3) is 4.79. The molecule has 12 heteroatoms. The number of nitrogens with one attached hydrogen (secondary N) is 2. The Bertz CT molecular complexity index is 982. The van der Waals surface area contributed by atoms with Gasteiger partial charge >= 0.3 is 0 Å². The van der Waals surface area contributed by atoms with Crippen LogP contribution >= 0.6 is 11.8 Å². The van der Waals surface area contributed by atoms with Gasteiger partial charge in [0.1, 0.15) is 18.0 Å². The highest BCUT2D eigenvalue weighted by Gasteiger charge is 2.28. The maximum Gasteiger partial charge on any atom is 0.292 e. The van der Waals surface area contributed by atoms with Gasteiger partial charge in [-0.1, -0.05) is 36.0 Å². The van der Waals surface area contributed by atoms with Gasteiger partial charge in [-0.3, -0.25) is 29.9 Å². The van der Waals surface area contributed by atoms with Crippen LogP contribution in [0.1, 0.15) is 0 Å². The van der Waals surface area contributed by atoms with Crippen LogP contribution in [0.15, 0.2) is 53.5 Å². The maximum atomic E-state index is 12.1. The Morgan fingerprint density at radius 1 is 0.966 bits per heavy atom. The van der Waals surface area contributed by atoms with E-state index in [1.807, 2.05) is 0 Å². The monoisotopic (exact) mass is 416 g/mol. The molecule has 0 spiro atoms. The van der Waals surface area contributed by atoms with Crippen LogP contribution in [0.25, 0.3) is 0 Å². The number of aliphatic imine (C=N–C) groups is 1. The van der Waals surface area contributed by atoms with Crippen molar-refractivity contribution in [3.05, 3.63) is 68.8 Å². The van der Waals surface area contributed by atoms with E-state index in [0.29, 0.717) is 16.5 Å². The molecule has 2 aromatic rings. The van der Waals surface area contributed by atoms with Crippen LogP contribution in [0.4, 0.5) is 22.7 Å². The summed E-state index contributed by atoms with van der Waals surface area (Å²) in [6.07, 6.45) is 0. The Balaban J connectivity index is 1.66. The average Bonchev–Trinajstić information content (AvgIpc) is 3.06. The molecule has 1 amide bonds. The third-order valence-electron chi connectivity index (χ3n) is 3.97. The lowest BCUT2D eigenvalue weighted by Crippen LogP contribution is -2.34. The number of carbonyl (C=O) groups is 1. The molecule has 11 nitrogen and oxygen atoms in total. The van der Waals surface area contributed by atoms with E-state index in [0.717, 1.165) is 0 Å². The van der Waals surface area contributed by atoms with E-state index in [1.54, 1.807) is 36.4 Å². The van der Waals surface area contributed by atoms with Crippen LogP contribution in [0.2, 0.25) is 0 Å². The van der Waals surface area contributed by atoms with E-state index >= 15 is 0 Å². The first kappa shape index (κ1) is 20.1. The Morgan fingerprint density at radius 3 is 2.10 bits per heavy atom. The fourth-order valence-corrected chi connectivity index (χ4v) is 3.48. The highest BCUT2D eigenvalue weighted by Crippen LogP contribution is 2.26. The number of benzene rings is 2. The van der Waals surface area contributed by atoms with Crippen molar-refractivity contribution in [1.29, 1.82) is 0 Å². The number of amides is 1. The van der Waals surface area contributed by atoms with E-state index in [2.05, 4.69) is 15.6 Å². The molecular formula is C17H16N6O5S. The number of carbonyl (C=O) groups excluding carboxylic acids is 1. The summed E-state index contributed by atoms with van der Waals surface area (Å²) in [7, 11) is 0. The molecule has 0 bridgehead atoms. The number of nitro benzene ring substituents is 2. The second kappa shape index (κ2) is 9.01. The summed E-state index contributed by atoms with van der Waals surface area (Å²) in [6, 6.07) is 12.3. The highest BCUT2D eigenvalue weighted by atomic mass is 32.2. The lowest BCUT2D eigenvalue weighted by Gasteiger charge is -2.17. The molecule has 1 fully saturated rings. The van der Waals surface area contributed by atoms with Crippen LogP contribution in [0.3, 0.4) is 0 Å². The van der Waals surface area contributed by atoms with Crippen molar-refractivity contribution in [1.82, 2.24) is 4.90 Å². The van der Waals surface area contributed by atoms with Crippen LogP contribution < -0.4 is 10.6 Å². The number of rotatable bonds is 8. The largest absolute Gasteiger partial charge is 0.362 e. The lowest BCUT2D eigenvalue weighted by atomic mass is 10.3. The van der Waals surface area contributed by atoms with E-state index in [4.69, 9.17) is 0 Å². The number of amidine groups is 1. The van der Waals surface area contributed by atoms with E-state index in [1.165, 1.54) is 28.8 Å². The zero-order valence-corrected chi connectivity index (χ0v) is 15.8. The minimum absolute atomic E-state index is 0.0149. The number of hydrogen-bond acceptors (Lipinski definition) is 9. The minimum atomic E-state index is -0.505. The molecule has 3 rings (SSSR count). The zero-order chi connectivity index (χ0) is 20.8. The molecule has 2 aromatic carbocycles. The van der Waals surface area contributed by atoms with Gasteiger partial charge < -0.3 is 10.6 Å². The summed E-state index contributed by atoms with van der Waals surface area (Å²) in [5.74, 6) is 0.00797. The van der Waals surface area contributed by atoms with Gasteiger partial charge in [-0.05, 0) is 12.1 Å². The number of thioether (sulfide) groups is 1. The molecular weight excluding hydrogens is 400 g/mol. The molecule has 0 radical (unpaired) electrons. The summed E-state index contributed by atoms with van der Waals surface area (Å²) < 4.78 is 0. The molecule has 0 aliphatic carbocycles. The molecule has 29 heavy (non-hydrogen) atoms. The summed E-state index contributed by atoms with van der Waals surface area (Å²) in [5, 5.41) is 28.3. The molecule has 0 unspecified atom stereocenters. The molecule has 2 N–H and O–H groups in total. The normalized spacial score (nSPS) is 14.8. The summed E-state index contributed by atoms with van der Waals surface area (Å²) in [4.78, 5) is 39.0. The van der Waals surface area contributed by atoms with Gasteiger partial charge in [0.25, 0.3) is 11.4 Å². The van der Waals surface area contributed by atoms with Crippen LogP contribution in [-0.4, -0.2) is 44.9 Å². The minimum Gasteiger partial charge on any atom is -0.362 e. The van der Waals surface area contributed by atoms with Gasteiger partial charge in [-0.25, -0.2) is 4.99 Å². The average molecular weight is 416 g/mol. The second-order valence-corrected chi connectivity index (χ2v) is 6.71. The highest BCUT2D eigenvalue weighted by molar-refractivity contribution is 8.15. The molecule has 1 aliphatic heterocycles.